The molecule has 0 bridgehead atoms. The van der Waals surface area contributed by atoms with Crippen molar-refractivity contribution in [3.05, 3.63) is 0 Å². The molecule has 2 aliphatic rings. The van der Waals surface area contributed by atoms with E-state index in [1.807, 2.05) is 0 Å². The SMILES string of the molecule is CC(=O)OCC(C)(C)C(=O)N(C1CCC(F)(F)CC1)[C@@H]1CN(C(=O)OC(C)(C)C)[C@](C)(C(=O)O)C1. The van der Waals surface area contributed by atoms with E-state index < -0.39 is 71.3 Å². The molecular formula is C24H38F2N2O7. The second-order valence-electron chi connectivity index (χ2n) is 11.5. The molecule has 1 aliphatic heterocycles. The summed E-state index contributed by atoms with van der Waals surface area (Å²) < 4.78 is 38.3. The average molecular weight is 505 g/mol. The van der Waals surface area contributed by atoms with Crippen LogP contribution >= 0.6 is 0 Å². The fourth-order valence-corrected chi connectivity index (χ4v) is 4.65. The molecule has 1 saturated carbocycles. The molecule has 2 rings (SSSR count). The minimum absolute atomic E-state index is 0.0368. The number of carbonyl (C=O) groups excluding carboxylic acids is 3. The van der Waals surface area contributed by atoms with Crippen molar-refractivity contribution in [2.24, 2.45) is 5.41 Å². The topological polar surface area (TPSA) is 113 Å². The van der Waals surface area contributed by atoms with Crippen molar-refractivity contribution in [3.63, 3.8) is 0 Å². The fraction of sp³-hybridized carbons (Fsp3) is 0.833. The molecule has 200 valence electrons. The van der Waals surface area contributed by atoms with Crippen LogP contribution in [0, 0.1) is 5.41 Å². The Hall–Kier alpha value is -2.46. The van der Waals surface area contributed by atoms with E-state index in [0.717, 1.165) is 4.90 Å². The van der Waals surface area contributed by atoms with Crippen LogP contribution in [0.2, 0.25) is 0 Å². The Balaban J connectivity index is 2.43. The quantitative estimate of drug-likeness (QED) is 0.547. The molecule has 2 amide bonds. The molecule has 0 radical (unpaired) electrons. The Morgan fingerprint density at radius 3 is 2.06 bits per heavy atom. The van der Waals surface area contributed by atoms with Crippen molar-refractivity contribution in [3.8, 4) is 0 Å². The molecule has 9 nitrogen and oxygen atoms in total. The third kappa shape index (κ3) is 6.82. The van der Waals surface area contributed by atoms with Crippen LogP contribution in [0.3, 0.4) is 0 Å². The zero-order chi connectivity index (χ0) is 27.0. The van der Waals surface area contributed by atoms with Crippen LogP contribution in [-0.4, -0.2) is 81.1 Å². The third-order valence-electron chi connectivity index (χ3n) is 6.62. The molecule has 2 fully saturated rings. The lowest BCUT2D eigenvalue weighted by Crippen LogP contribution is -2.55. The van der Waals surface area contributed by atoms with Gasteiger partial charge in [-0.2, -0.15) is 0 Å². The Morgan fingerprint density at radius 2 is 1.60 bits per heavy atom. The normalized spacial score (nSPS) is 25.2. The number of carboxylic acid groups (broad SMARTS) is 1. The summed E-state index contributed by atoms with van der Waals surface area (Å²) in [6.45, 7) is 10.4. The predicted molar refractivity (Wildman–Crippen MR) is 122 cm³/mol. The van der Waals surface area contributed by atoms with Crippen LogP contribution < -0.4 is 0 Å². The number of hydrogen-bond donors (Lipinski definition) is 1. The van der Waals surface area contributed by atoms with E-state index in [9.17, 15) is 33.1 Å². The van der Waals surface area contributed by atoms with Crippen molar-refractivity contribution < 1.29 is 42.5 Å². The number of rotatable bonds is 6. The second kappa shape index (κ2) is 9.89. The van der Waals surface area contributed by atoms with Crippen molar-refractivity contribution in [2.45, 2.75) is 110 Å². The van der Waals surface area contributed by atoms with E-state index in [1.165, 1.54) is 18.7 Å². The lowest BCUT2D eigenvalue weighted by Gasteiger charge is -2.43. The van der Waals surface area contributed by atoms with Gasteiger partial charge >= 0.3 is 18.0 Å². The summed E-state index contributed by atoms with van der Waals surface area (Å²) in [6, 6.07) is -1.31. The predicted octanol–water partition coefficient (Wildman–Crippen LogP) is 3.83. The molecule has 0 spiro atoms. The number of halogens is 2. The maximum Gasteiger partial charge on any atom is 0.411 e. The van der Waals surface area contributed by atoms with Crippen molar-refractivity contribution >= 4 is 23.9 Å². The maximum absolute atomic E-state index is 13.9. The van der Waals surface area contributed by atoms with Gasteiger partial charge in [0.1, 0.15) is 17.7 Å². The van der Waals surface area contributed by atoms with Gasteiger partial charge in [-0.25, -0.2) is 18.4 Å². The lowest BCUT2D eigenvalue weighted by atomic mass is 9.85. The largest absolute Gasteiger partial charge is 0.480 e. The highest BCUT2D eigenvalue weighted by molar-refractivity contribution is 5.87. The molecule has 1 N–H and O–H groups in total. The summed E-state index contributed by atoms with van der Waals surface area (Å²) in [4.78, 5) is 52.9. The number of amides is 2. The minimum atomic E-state index is -2.83. The first-order valence-electron chi connectivity index (χ1n) is 11.9. The zero-order valence-corrected chi connectivity index (χ0v) is 21.7. The Labute approximate surface area is 205 Å². The van der Waals surface area contributed by atoms with Gasteiger partial charge in [0.25, 0.3) is 0 Å². The van der Waals surface area contributed by atoms with Crippen LogP contribution in [0.4, 0.5) is 13.6 Å². The van der Waals surface area contributed by atoms with Gasteiger partial charge in [-0.1, -0.05) is 0 Å². The van der Waals surface area contributed by atoms with Crippen LogP contribution in [-0.2, 0) is 23.9 Å². The fourth-order valence-electron chi connectivity index (χ4n) is 4.65. The monoisotopic (exact) mass is 504 g/mol. The van der Waals surface area contributed by atoms with Gasteiger partial charge in [0.2, 0.25) is 11.8 Å². The summed E-state index contributed by atoms with van der Waals surface area (Å²) in [5, 5.41) is 10.0. The summed E-state index contributed by atoms with van der Waals surface area (Å²) in [7, 11) is 0. The molecule has 2 atom stereocenters. The van der Waals surface area contributed by atoms with Crippen LogP contribution in [0.5, 0.6) is 0 Å². The molecule has 0 aromatic heterocycles. The highest BCUT2D eigenvalue weighted by Gasteiger charge is 2.55. The van der Waals surface area contributed by atoms with E-state index >= 15 is 0 Å². The summed E-state index contributed by atoms with van der Waals surface area (Å²) in [6.07, 6.45) is -1.64. The Kier molecular flexibility index (Phi) is 8.13. The van der Waals surface area contributed by atoms with Gasteiger partial charge in [-0.3, -0.25) is 14.5 Å². The number of ether oxygens (including phenoxy) is 2. The van der Waals surface area contributed by atoms with Crippen LogP contribution in [0.1, 0.15) is 80.6 Å². The first-order chi connectivity index (χ1) is 15.8. The number of likely N-dealkylation sites (tertiary alicyclic amines) is 1. The minimum Gasteiger partial charge on any atom is -0.480 e. The molecule has 0 aromatic carbocycles. The lowest BCUT2D eigenvalue weighted by molar-refractivity contribution is -0.157. The summed E-state index contributed by atoms with van der Waals surface area (Å²) in [5.74, 6) is -5.10. The van der Waals surface area contributed by atoms with Gasteiger partial charge in [-0.05, 0) is 54.4 Å². The zero-order valence-electron chi connectivity index (χ0n) is 21.7. The molecular weight excluding hydrogens is 466 g/mol. The Bertz CT molecular complexity index is 845. The van der Waals surface area contributed by atoms with E-state index in [2.05, 4.69) is 0 Å². The van der Waals surface area contributed by atoms with E-state index in [1.54, 1.807) is 34.6 Å². The van der Waals surface area contributed by atoms with Gasteiger partial charge in [-0.15, -0.1) is 0 Å². The number of hydrogen-bond acceptors (Lipinski definition) is 6. The number of esters is 1. The number of alkyl halides is 2. The summed E-state index contributed by atoms with van der Waals surface area (Å²) in [5.41, 5.74) is -3.72. The molecule has 1 aliphatic carbocycles. The Morgan fingerprint density at radius 1 is 1.06 bits per heavy atom. The molecule has 0 unspecified atom stereocenters. The van der Waals surface area contributed by atoms with Crippen molar-refractivity contribution in [1.82, 2.24) is 9.80 Å². The summed E-state index contributed by atoms with van der Waals surface area (Å²) >= 11 is 0. The van der Waals surface area contributed by atoms with Crippen molar-refractivity contribution in [1.29, 1.82) is 0 Å². The van der Waals surface area contributed by atoms with Gasteiger partial charge in [0, 0.05) is 38.8 Å². The molecule has 1 heterocycles. The number of aliphatic carboxylic acids is 1. The second-order valence-corrected chi connectivity index (χ2v) is 11.5. The first kappa shape index (κ1) is 28.8. The van der Waals surface area contributed by atoms with E-state index in [0.29, 0.717) is 0 Å². The number of nitrogens with zero attached hydrogens (tertiary/aromatic N) is 2. The average Bonchev–Trinajstić information content (AvgIpc) is 3.05. The highest BCUT2D eigenvalue weighted by Crippen LogP contribution is 2.41. The molecule has 11 heteroatoms. The number of carbonyl (C=O) groups is 4. The highest BCUT2D eigenvalue weighted by atomic mass is 19.3. The van der Waals surface area contributed by atoms with E-state index in [4.69, 9.17) is 9.47 Å². The molecule has 35 heavy (non-hydrogen) atoms. The van der Waals surface area contributed by atoms with Crippen LogP contribution in [0.25, 0.3) is 0 Å². The first-order valence-corrected chi connectivity index (χ1v) is 11.9. The van der Waals surface area contributed by atoms with Crippen molar-refractivity contribution in [2.75, 3.05) is 13.2 Å². The number of carboxylic acids is 1. The van der Waals surface area contributed by atoms with Gasteiger partial charge < -0.3 is 19.5 Å². The maximum atomic E-state index is 13.9. The third-order valence-corrected chi connectivity index (χ3v) is 6.62. The molecule has 1 saturated heterocycles. The molecule has 0 aromatic rings. The van der Waals surface area contributed by atoms with E-state index in [-0.39, 0.29) is 32.4 Å². The smallest absolute Gasteiger partial charge is 0.411 e. The van der Waals surface area contributed by atoms with Crippen LogP contribution in [0.15, 0.2) is 0 Å². The van der Waals surface area contributed by atoms with Gasteiger partial charge in [0.05, 0.1) is 11.5 Å². The van der Waals surface area contributed by atoms with Gasteiger partial charge in [0.15, 0.2) is 0 Å². The standard InChI is InChI=1S/C24H38F2N2O7/c1-15(29)34-14-22(5,6)18(30)28(16-8-10-24(25,26)11-9-16)17-12-23(7,19(31)32)27(13-17)20(33)35-21(2,3)4/h16-17H,8-14H2,1-7H3,(H,31,32)/t17-,23-/m0/s1.